The Labute approximate surface area is 170 Å². The van der Waals surface area contributed by atoms with Gasteiger partial charge in [0.2, 0.25) is 5.91 Å². The minimum absolute atomic E-state index is 0.00150. The number of hydrogen-bond acceptors (Lipinski definition) is 5. The van der Waals surface area contributed by atoms with E-state index in [-0.39, 0.29) is 18.3 Å². The van der Waals surface area contributed by atoms with Gasteiger partial charge in [0.15, 0.2) is 5.13 Å². The molecule has 1 aliphatic rings. The largest absolute Gasteiger partial charge is 0.466 e. The monoisotopic (exact) mass is 400 g/mol. The van der Waals surface area contributed by atoms with Crippen LogP contribution in [0.3, 0.4) is 0 Å². The molecule has 1 heterocycles. The molecule has 5 nitrogen and oxygen atoms in total. The maximum atomic E-state index is 12.4. The standard InChI is InChI=1S/C22H28N2O3S/c1-2-27-20(26)15-18-21(17-11-7-4-8-12-17)24-22(28-18)23-19(25)14-13-16-9-5-3-6-10-16/h4,7-8,11-12,16H,2-3,5-6,9-10,13-15H2,1H3,(H,23,24,25). The maximum absolute atomic E-state index is 12.4. The fraction of sp³-hybridized carbons (Fsp3) is 0.500. The van der Waals surface area contributed by atoms with Crippen molar-refractivity contribution in [2.75, 3.05) is 11.9 Å². The van der Waals surface area contributed by atoms with Gasteiger partial charge in [-0.2, -0.15) is 0 Å². The van der Waals surface area contributed by atoms with Crippen molar-refractivity contribution in [3.8, 4) is 11.3 Å². The highest BCUT2D eigenvalue weighted by Gasteiger charge is 2.19. The van der Waals surface area contributed by atoms with Crippen LogP contribution in [0.15, 0.2) is 30.3 Å². The van der Waals surface area contributed by atoms with Crippen molar-refractivity contribution in [3.05, 3.63) is 35.2 Å². The predicted octanol–water partition coefficient (Wildman–Crippen LogP) is 5.21. The van der Waals surface area contributed by atoms with Crippen LogP contribution in [-0.4, -0.2) is 23.5 Å². The Morgan fingerprint density at radius 1 is 1.18 bits per heavy atom. The van der Waals surface area contributed by atoms with E-state index in [0.717, 1.165) is 22.6 Å². The Bertz CT molecular complexity index is 782. The highest BCUT2D eigenvalue weighted by atomic mass is 32.1. The van der Waals surface area contributed by atoms with E-state index in [9.17, 15) is 9.59 Å². The van der Waals surface area contributed by atoms with Gasteiger partial charge >= 0.3 is 5.97 Å². The number of rotatable bonds is 8. The van der Waals surface area contributed by atoms with Gasteiger partial charge in [0, 0.05) is 16.9 Å². The second-order valence-corrected chi connectivity index (χ2v) is 8.31. The molecule has 0 radical (unpaired) electrons. The van der Waals surface area contributed by atoms with Gasteiger partial charge in [0.1, 0.15) is 0 Å². The summed E-state index contributed by atoms with van der Waals surface area (Å²) in [6, 6.07) is 9.72. The van der Waals surface area contributed by atoms with Crippen LogP contribution in [0, 0.1) is 5.92 Å². The van der Waals surface area contributed by atoms with Crippen molar-refractivity contribution in [1.29, 1.82) is 0 Å². The van der Waals surface area contributed by atoms with Crippen LogP contribution in [0.2, 0.25) is 0 Å². The molecule has 1 amide bonds. The smallest absolute Gasteiger partial charge is 0.311 e. The van der Waals surface area contributed by atoms with Crippen molar-refractivity contribution in [3.63, 3.8) is 0 Å². The van der Waals surface area contributed by atoms with E-state index >= 15 is 0 Å². The predicted molar refractivity (Wildman–Crippen MR) is 112 cm³/mol. The van der Waals surface area contributed by atoms with Crippen LogP contribution in [0.5, 0.6) is 0 Å². The van der Waals surface area contributed by atoms with Crippen LogP contribution in [0.25, 0.3) is 11.3 Å². The van der Waals surface area contributed by atoms with Gasteiger partial charge in [0.05, 0.1) is 18.7 Å². The van der Waals surface area contributed by atoms with Gasteiger partial charge in [-0.15, -0.1) is 11.3 Å². The Kier molecular flexibility index (Phi) is 7.60. The summed E-state index contributed by atoms with van der Waals surface area (Å²) in [5.41, 5.74) is 1.67. The quantitative estimate of drug-likeness (QED) is 0.617. The van der Waals surface area contributed by atoms with E-state index in [1.165, 1.54) is 43.4 Å². The fourth-order valence-corrected chi connectivity index (χ4v) is 4.67. The highest BCUT2D eigenvalue weighted by Crippen LogP contribution is 2.32. The molecule has 0 saturated heterocycles. The van der Waals surface area contributed by atoms with Crippen LogP contribution >= 0.6 is 11.3 Å². The summed E-state index contributed by atoms with van der Waals surface area (Å²) in [5, 5.41) is 3.48. The summed E-state index contributed by atoms with van der Waals surface area (Å²) >= 11 is 1.35. The molecule has 1 aromatic heterocycles. The van der Waals surface area contributed by atoms with Gasteiger partial charge in [-0.05, 0) is 19.3 Å². The summed E-state index contributed by atoms with van der Waals surface area (Å²) in [4.78, 5) is 29.8. The molecular formula is C22H28N2O3S. The van der Waals surface area contributed by atoms with E-state index in [2.05, 4.69) is 10.3 Å². The van der Waals surface area contributed by atoms with E-state index in [4.69, 9.17) is 4.74 Å². The summed E-state index contributed by atoms with van der Waals surface area (Å²) in [6.07, 6.45) is 8.02. The zero-order valence-electron chi connectivity index (χ0n) is 16.4. The number of ether oxygens (including phenoxy) is 1. The Hall–Kier alpha value is -2.21. The maximum Gasteiger partial charge on any atom is 0.311 e. The molecule has 3 rings (SSSR count). The number of anilines is 1. The lowest BCUT2D eigenvalue weighted by Crippen LogP contribution is -2.14. The van der Waals surface area contributed by atoms with Crippen LogP contribution in [0.1, 0.15) is 56.7 Å². The number of esters is 1. The molecule has 150 valence electrons. The number of benzene rings is 1. The molecule has 1 N–H and O–H groups in total. The average Bonchev–Trinajstić information content (AvgIpc) is 3.10. The molecule has 28 heavy (non-hydrogen) atoms. The lowest BCUT2D eigenvalue weighted by molar-refractivity contribution is -0.142. The Morgan fingerprint density at radius 3 is 2.64 bits per heavy atom. The van der Waals surface area contributed by atoms with Crippen molar-refractivity contribution in [2.45, 2.75) is 58.3 Å². The molecule has 1 saturated carbocycles. The number of aromatic nitrogens is 1. The first-order valence-corrected chi connectivity index (χ1v) is 11.0. The first-order valence-electron chi connectivity index (χ1n) is 10.2. The SMILES string of the molecule is CCOC(=O)Cc1sc(NC(=O)CCC2CCCCC2)nc1-c1ccccc1. The van der Waals surface area contributed by atoms with E-state index in [1.807, 2.05) is 30.3 Å². The van der Waals surface area contributed by atoms with Gasteiger partial charge < -0.3 is 10.1 Å². The minimum atomic E-state index is -0.279. The van der Waals surface area contributed by atoms with Gasteiger partial charge in [-0.25, -0.2) is 4.98 Å². The summed E-state index contributed by atoms with van der Waals surface area (Å²) in [5.74, 6) is 0.398. The third-order valence-corrected chi connectivity index (χ3v) is 6.08. The highest BCUT2D eigenvalue weighted by molar-refractivity contribution is 7.16. The number of hydrogen-bond donors (Lipinski definition) is 1. The zero-order valence-corrected chi connectivity index (χ0v) is 17.2. The molecule has 0 bridgehead atoms. The number of thiazole rings is 1. The number of carbonyl (C=O) groups is 2. The molecule has 1 aromatic carbocycles. The summed E-state index contributed by atoms with van der Waals surface area (Å²) in [6.45, 7) is 2.14. The van der Waals surface area contributed by atoms with Gasteiger partial charge in [-0.3, -0.25) is 9.59 Å². The topological polar surface area (TPSA) is 68.3 Å². The number of amides is 1. The first-order chi connectivity index (χ1) is 13.7. The molecule has 1 aliphatic carbocycles. The molecule has 0 spiro atoms. The Morgan fingerprint density at radius 2 is 1.93 bits per heavy atom. The second kappa shape index (κ2) is 10.4. The number of carbonyl (C=O) groups excluding carboxylic acids is 2. The second-order valence-electron chi connectivity index (χ2n) is 7.23. The lowest BCUT2D eigenvalue weighted by atomic mass is 9.86. The molecule has 6 heteroatoms. The van der Waals surface area contributed by atoms with E-state index in [0.29, 0.717) is 24.1 Å². The molecule has 0 unspecified atom stereocenters. The number of nitrogens with zero attached hydrogens (tertiary/aromatic N) is 1. The van der Waals surface area contributed by atoms with Crippen molar-refractivity contribution in [1.82, 2.24) is 4.98 Å². The van der Waals surface area contributed by atoms with E-state index < -0.39 is 0 Å². The van der Waals surface area contributed by atoms with Crippen molar-refractivity contribution in [2.24, 2.45) is 5.92 Å². The van der Waals surface area contributed by atoms with Crippen LogP contribution < -0.4 is 5.32 Å². The van der Waals surface area contributed by atoms with Gasteiger partial charge in [-0.1, -0.05) is 62.4 Å². The van der Waals surface area contributed by atoms with Crippen LogP contribution in [-0.2, 0) is 20.7 Å². The third kappa shape index (κ3) is 5.89. The van der Waals surface area contributed by atoms with Crippen molar-refractivity contribution < 1.29 is 14.3 Å². The average molecular weight is 401 g/mol. The first kappa shape index (κ1) is 20.5. The molecule has 2 aromatic rings. The van der Waals surface area contributed by atoms with Crippen LogP contribution in [0.4, 0.5) is 5.13 Å². The molecular weight excluding hydrogens is 372 g/mol. The molecule has 0 atom stereocenters. The minimum Gasteiger partial charge on any atom is -0.466 e. The zero-order chi connectivity index (χ0) is 19.8. The molecule has 1 fully saturated rings. The third-order valence-electron chi connectivity index (χ3n) is 5.11. The van der Waals surface area contributed by atoms with Gasteiger partial charge in [0.25, 0.3) is 0 Å². The van der Waals surface area contributed by atoms with Crippen molar-refractivity contribution >= 4 is 28.3 Å². The van der Waals surface area contributed by atoms with E-state index in [1.54, 1.807) is 6.92 Å². The summed E-state index contributed by atoms with van der Waals surface area (Å²) in [7, 11) is 0. The fourth-order valence-electron chi connectivity index (χ4n) is 3.68. The normalized spacial score (nSPS) is 14.6. The lowest BCUT2D eigenvalue weighted by Gasteiger charge is -2.20. The Balaban J connectivity index is 1.67. The number of nitrogens with one attached hydrogen (secondary N) is 1. The molecule has 0 aliphatic heterocycles. The summed E-state index contributed by atoms with van der Waals surface area (Å²) < 4.78 is 5.09.